The molecule has 2 amide bonds. The lowest BCUT2D eigenvalue weighted by Gasteiger charge is -2.13. The Kier molecular flexibility index (Phi) is 23.3. The minimum Gasteiger partial charge on any atom is -0.478 e. The van der Waals surface area contributed by atoms with Gasteiger partial charge in [-0.15, -0.1) is 0 Å². The summed E-state index contributed by atoms with van der Waals surface area (Å²) in [4.78, 5) is 181. The van der Waals surface area contributed by atoms with Gasteiger partial charge in [-0.2, -0.15) is 0 Å². The van der Waals surface area contributed by atoms with Crippen LogP contribution in [0.5, 0.6) is 23.0 Å². The van der Waals surface area contributed by atoms with E-state index in [9.17, 15) is 87.5 Å². The highest BCUT2D eigenvalue weighted by Crippen LogP contribution is 2.38. The van der Waals surface area contributed by atoms with E-state index in [1.54, 1.807) is 0 Å². The second-order valence-electron chi connectivity index (χ2n) is 17.3. The predicted octanol–water partition coefficient (Wildman–Crippen LogP) is 14.5. The lowest BCUT2D eigenvalue weighted by atomic mass is 10.1. The number of esters is 4. The molecule has 0 radical (unpaired) electrons. The van der Waals surface area contributed by atoms with Gasteiger partial charge in [0.1, 0.15) is 22.3 Å². The van der Waals surface area contributed by atoms with E-state index in [-0.39, 0.29) is 46.9 Å². The zero-order valence-corrected chi connectivity index (χ0v) is 56.9. The molecular formula is C56H24Br8N2O26. The number of hydrogen-bond donors (Lipinski definition) is 6. The summed E-state index contributed by atoms with van der Waals surface area (Å²) in [6, 6.07) is 18.5. The van der Waals surface area contributed by atoms with Crippen molar-refractivity contribution in [2.24, 2.45) is 0 Å². The Labute approximate surface area is 577 Å². The molecule has 0 aromatic heterocycles. The van der Waals surface area contributed by atoms with Crippen LogP contribution in [-0.4, -0.2) is 105 Å². The van der Waals surface area contributed by atoms with E-state index in [2.05, 4.69) is 138 Å². The van der Waals surface area contributed by atoms with Gasteiger partial charge in [0, 0.05) is 40.4 Å². The van der Waals surface area contributed by atoms with Crippen molar-refractivity contribution < 1.29 is 125 Å². The van der Waals surface area contributed by atoms with E-state index in [4.69, 9.17) is 37.9 Å². The van der Waals surface area contributed by atoms with Gasteiger partial charge in [0.15, 0.2) is 23.0 Å². The van der Waals surface area contributed by atoms with Crippen molar-refractivity contribution >= 4 is 223 Å². The molecule has 6 N–H and O–H groups in total. The third-order valence-corrected chi connectivity index (χ3v) is 15.3. The minimum absolute atomic E-state index is 0.0841. The highest BCUT2D eigenvalue weighted by Gasteiger charge is 2.30. The van der Waals surface area contributed by atoms with Crippen LogP contribution in [0.15, 0.2) is 145 Å². The number of carbonyl (C=O) groups excluding carboxylic acids is 10. The molecule has 0 saturated heterocycles. The molecule has 470 valence electrons. The van der Waals surface area contributed by atoms with Crippen LogP contribution in [0, 0.1) is 0 Å². The smallest absolute Gasteiger partial charge is 0.478 e. The summed E-state index contributed by atoms with van der Waals surface area (Å²) in [6.07, 6.45) is -7.21. The number of rotatable bonds is 16. The van der Waals surface area contributed by atoms with Gasteiger partial charge in [-0.05, 0) is 173 Å². The Morgan fingerprint density at radius 1 is 0.283 bits per heavy atom. The maximum atomic E-state index is 13.8. The molecule has 92 heavy (non-hydrogen) atoms. The van der Waals surface area contributed by atoms with E-state index in [1.165, 1.54) is 24.3 Å². The van der Waals surface area contributed by atoms with Crippen LogP contribution in [0.3, 0.4) is 0 Å². The fourth-order valence-electron chi connectivity index (χ4n) is 7.30. The van der Waals surface area contributed by atoms with Crippen LogP contribution in [-0.2, 0) is 18.9 Å². The average Bonchev–Trinajstić information content (AvgIpc) is 0.860. The number of ether oxygens (including phenoxy) is 8. The largest absolute Gasteiger partial charge is 0.522 e. The Bertz CT molecular complexity index is 3900. The second kappa shape index (κ2) is 30.4. The number of halogens is 8. The van der Waals surface area contributed by atoms with Gasteiger partial charge >= 0.3 is 72.4 Å². The first-order valence-corrected chi connectivity index (χ1v) is 30.3. The molecule has 0 unspecified atom stereocenters. The Morgan fingerprint density at radius 2 is 0.489 bits per heavy atom. The summed E-state index contributed by atoms with van der Waals surface area (Å²) >= 11 is 24.6. The van der Waals surface area contributed by atoms with Crippen molar-refractivity contribution in [3.05, 3.63) is 201 Å². The van der Waals surface area contributed by atoms with E-state index < -0.39 is 163 Å². The monoisotopic (exact) mass is 1770 g/mol. The number of nitrogens with one attached hydrogen (secondary N) is 2. The van der Waals surface area contributed by atoms with Gasteiger partial charge in [0.2, 0.25) is 0 Å². The molecule has 0 aliphatic rings. The number of amides is 2. The fourth-order valence-corrected chi connectivity index (χ4v) is 12.5. The quantitative estimate of drug-likeness (QED) is 0.0226. The van der Waals surface area contributed by atoms with Gasteiger partial charge in [-0.1, -0.05) is 63.7 Å². The van der Waals surface area contributed by atoms with Crippen molar-refractivity contribution in [1.29, 1.82) is 0 Å². The van der Waals surface area contributed by atoms with Crippen molar-refractivity contribution in [2.75, 3.05) is 10.6 Å². The molecule has 0 aliphatic carbocycles. The molecule has 7 rings (SSSR count). The first-order valence-electron chi connectivity index (χ1n) is 23.9. The highest BCUT2D eigenvalue weighted by molar-refractivity contribution is 9.12. The minimum atomic E-state index is -1.80. The topological polar surface area (TPSA) is 418 Å². The molecule has 0 atom stereocenters. The first kappa shape index (κ1) is 70.4. The SMILES string of the molecule is O=C(OC(=O)c1cc(NC(=O)c2ccc(C(=O)Nc3cc(C(=O)OC(=O)Oc4c(Br)cc(Br)cc4C(=O)O)cc(C(=O)OC(=O)Oc4c(Br)cc(Br)cc4C(=O)O)c3)cc2)cc(C(=O)OC(=O)Oc2c(Br)cc(Br)cc2C(=O)O)c1)Oc1c(Br)cc(Br)cc1C(=O)O. The molecule has 0 spiro atoms. The zero-order valence-electron chi connectivity index (χ0n) is 44.2. The van der Waals surface area contributed by atoms with Crippen LogP contribution >= 0.6 is 127 Å². The van der Waals surface area contributed by atoms with Crippen molar-refractivity contribution in [3.8, 4) is 23.0 Å². The van der Waals surface area contributed by atoms with Crippen molar-refractivity contribution in [1.82, 2.24) is 0 Å². The summed E-state index contributed by atoms with van der Waals surface area (Å²) < 4.78 is 39.8. The number of carbonyl (C=O) groups is 14. The molecule has 0 bridgehead atoms. The molecular weight excluding hydrogens is 1760 g/mol. The van der Waals surface area contributed by atoms with Crippen LogP contribution < -0.4 is 29.6 Å². The number of carboxylic acids is 4. The normalized spacial score (nSPS) is 10.5. The predicted molar refractivity (Wildman–Crippen MR) is 336 cm³/mol. The van der Waals surface area contributed by atoms with Gasteiger partial charge in [-0.3, -0.25) is 9.59 Å². The molecule has 36 heteroatoms. The molecule has 7 aromatic rings. The van der Waals surface area contributed by atoms with Crippen molar-refractivity contribution in [2.45, 2.75) is 0 Å². The van der Waals surface area contributed by atoms with Crippen molar-refractivity contribution in [3.63, 3.8) is 0 Å². The molecule has 0 saturated carbocycles. The standard InChI is InChI=1S/C56H24Br8N2O26/c57-25-11-31(45(69)70)39(35(61)15-25)85-53(81)89-49(77)21-5-22(50(78)90-54(82)86-40-32(46(71)72)12-26(58)16-36(40)62)8-29(7-21)65-43(67)19-1-2-20(4-3-19)44(68)66-30-9-23(51(79)91-55(83)87-41-33(47(73)74)13-27(59)17-37(41)63)6-24(10-30)52(80)92-56(84)88-42-34(48(75)76)14-28(60)18-38(42)64/h1-18H,(H,65,67)(H,66,68)(H,69,70)(H,71,72)(H,73,74)(H,75,76). The van der Waals surface area contributed by atoms with Crippen LogP contribution in [0.4, 0.5) is 30.6 Å². The lowest BCUT2D eigenvalue weighted by Crippen LogP contribution is -2.21. The number of aromatic carboxylic acids is 4. The lowest BCUT2D eigenvalue weighted by molar-refractivity contribution is 0.0499. The Balaban J connectivity index is 1.14. The van der Waals surface area contributed by atoms with Gasteiger partial charge in [-0.25, -0.2) is 57.5 Å². The number of hydrogen-bond acceptors (Lipinski definition) is 22. The first-order chi connectivity index (χ1) is 43.2. The van der Waals surface area contributed by atoms with E-state index >= 15 is 0 Å². The summed E-state index contributed by atoms with van der Waals surface area (Å²) in [7, 11) is 0. The molecule has 0 aliphatic heterocycles. The highest BCUT2D eigenvalue weighted by atomic mass is 79.9. The summed E-state index contributed by atoms with van der Waals surface area (Å²) in [5.74, 6) is -17.2. The van der Waals surface area contributed by atoms with Gasteiger partial charge in [0.05, 0.1) is 40.1 Å². The molecule has 7 aromatic carbocycles. The molecule has 28 nitrogen and oxygen atoms in total. The molecule has 0 heterocycles. The number of carboxylic acid groups (broad SMARTS) is 4. The van der Waals surface area contributed by atoms with E-state index in [1.807, 2.05) is 0 Å². The van der Waals surface area contributed by atoms with Gasteiger partial charge < -0.3 is 69.0 Å². The zero-order chi connectivity index (χ0) is 67.7. The Morgan fingerprint density at radius 3 is 0.685 bits per heavy atom. The van der Waals surface area contributed by atoms with E-state index in [0.717, 1.165) is 72.8 Å². The van der Waals surface area contributed by atoms with Gasteiger partial charge in [0.25, 0.3) is 11.8 Å². The Hall–Kier alpha value is -9.04. The number of anilines is 2. The van der Waals surface area contributed by atoms with Crippen LogP contribution in [0.1, 0.15) is 104 Å². The summed E-state index contributed by atoms with van der Waals surface area (Å²) in [6.45, 7) is 0. The third kappa shape index (κ3) is 18.1. The van der Waals surface area contributed by atoms with Crippen LogP contribution in [0.2, 0.25) is 0 Å². The fraction of sp³-hybridized carbons (Fsp3) is 0. The number of benzene rings is 7. The summed E-state index contributed by atoms with van der Waals surface area (Å²) in [5.41, 5.74) is -6.65. The summed E-state index contributed by atoms with van der Waals surface area (Å²) in [5, 5.41) is 43.4. The maximum absolute atomic E-state index is 13.8. The maximum Gasteiger partial charge on any atom is 0.522 e. The average molecular weight is 1780 g/mol. The molecule has 0 fully saturated rings. The third-order valence-electron chi connectivity index (χ3n) is 11.1. The van der Waals surface area contributed by atoms with E-state index in [0.29, 0.717) is 12.1 Å². The van der Waals surface area contributed by atoms with Crippen LogP contribution in [0.25, 0.3) is 0 Å². The second-order valence-corrected chi connectivity index (χ2v) is 24.4.